The average Bonchev–Trinajstić information content (AvgIpc) is 2.11. The van der Waals surface area contributed by atoms with Crippen molar-refractivity contribution >= 4 is 12.6 Å². The largest absolute Gasteiger partial charge is 0.495 e. The van der Waals surface area contributed by atoms with Crippen LogP contribution in [0.1, 0.15) is 0 Å². The first-order valence-corrected chi connectivity index (χ1v) is 4.43. The molecule has 0 spiro atoms. The number of aliphatic hydroxyl groups is 6. The van der Waals surface area contributed by atoms with Crippen molar-refractivity contribution in [3.8, 4) is 11.9 Å². The summed E-state index contributed by atoms with van der Waals surface area (Å²) in [5.74, 6) is -0.975. The van der Waals surface area contributed by atoms with Crippen molar-refractivity contribution in [3.63, 3.8) is 0 Å². The highest BCUT2D eigenvalue weighted by Gasteiger charge is 2.30. The quantitative estimate of drug-likeness (QED) is 0.187. The summed E-state index contributed by atoms with van der Waals surface area (Å²) in [6.07, 6.45) is -6.71. The Morgan fingerprint density at radius 1 is 0.947 bits per heavy atom. The SMILES string of the molecule is OB(O)c1cnc(OC(O)(O)O)nc1OC(O)(O)O. The zero-order chi connectivity index (χ0) is 14.8. The molecular weight excluding hydrogens is 271 g/mol. The van der Waals surface area contributed by atoms with Gasteiger partial charge in [0.05, 0.1) is 5.46 Å². The van der Waals surface area contributed by atoms with Gasteiger partial charge in [-0.1, -0.05) is 0 Å². The van der Waals surface area contributed by atoms with Crippen LogP contribution in [-0.4, -0.2) is 70.1 Å². The Bertz CT molecular complexity index is 441. The topological polar surface area (TPSA) is 206 Å². The highest BCUT2D eigenvalue weighted by Crippen LogP contribution is 2.14. The molecule has 0 unspecified atom stereocenters. The molecule has 13 heteroatoms. The zero-order valence-electron chi connectivity index (χ0n) is 8.94. The number of nitrogens with zero attached hydrogens (tertiary/aromatic N) is 2. The van der Waals surface area contributed by atoms with Crippen LogP contribution in [0, 0.1) is 0 Å². The molecule has 19 heavy (non-hydrogen) atoms. The van der Waals surface area contributed by atoms with E-state index in [1.807, 2.05) is 0 Å². The van der Waals surface area contributed by atoms with E-state index in [1.165, 1.54) is 0 Å². The lowest BCUT2D eigenvalue weighted by Crippen LogP contribution is -2.41. The second kappa shape index (κ2) is 5.20. The fourth-order valence-corrected chi connectivity index (χ4v) is 0.920. The molecule has 1 heterocycles. The second-order valence-electron chi connectivity index (χ2n) is 3.14. The highest BCUT2D eigenvalue weighted by molar-refractivity contribution is 6.59. The summed E-state index contributed by atoms with van der Waals surface area (Å²) in [5.41, 5.74) is -0.617. The minimum Gasteiger partial charge on any atom is -0.423 e. The van der Waals surface area contributed by atoms with Crippen LogP contribution in [0.4, 0.5) is 0 Å². The van der Waals surface area contributed by atoms with Gasteiger partial charge in [0, 0.05) is 6.20 Å². The van der Waals surface area contributed by atoms with Crippen LogP contribution >= 0.6 is 0 Å². The molecule has 106 valence electrons. The normalized spacial score (nSPS) is 12.2. The Morgan fingerprint density at radius 2 is 1.47 bits per heavy atom. The third kappa shape index (κ3) is 5.29. The monoisotopic (exact) mass is 280 g/mol. The highest BCUT2D eigenvalue weighted by atomic mass is 16.9. The first kappa shape index (κ1) is 15.5. The van der Waals surface area contributed by atoms with Crippen molar-refractivity contribution in [2.75, 3.05) is 0 Å². The maximum Gasteiger partial charge on any atom is 0.495 e. The Morgan fingerprint density at radius 3 is 1.89 bits per heavy atom. The summed E-state index contributed by atoms with van der Waals surface area (Å²) in [6, 6.07) is -0.948. The van der Waals surface area contributed by atoms with Crippen molar-refractivity contribution in [2.24, 2.45) is 0 Å². The van der Waals surface area contributed by atoms with Crippen LogP contribution in [0.5, 0.6) is 11.9 Å². The molecule has 1 aromatic heterocycles. The first-order valence-electron chi connectivity index (χ1n) is 4.43. The Kier molecular flexibility index (Phi) is 4.23. The van der Waals surface area contributed by atoms with Crippen LogP contribution in [-0.2, 0) is 0 Å². The molecule has 8 N–H and O–H groups in total. The average molecular weight is 280 g/mol. The van der Waals surface area contributed by atoms with Gasteiger partial charge in [0.15, 0.2) is 0 Å². The number of hydrogen-bond donors (Lipinski definition) is 8. The summed E-state index contributed by atoms with van der Waals surface area (Å²) < 4.78 is 7.97. The number of aromatic nitrogens is 2. The van der Waals surface area contributed by atoms with E-state index in [1.54, 1.807) is 0 Å². The third-order valence-electron chi connectivity index (χ3n) is 1.50. The van der Waals surface area contributed by atoms with Gasteiger partial charge in [-0.2, -0.15) is 4.98 Å². The molecule has 1 rings (SSSR count). The molecule has 0 bridgehead atoms. The molecule has 0 aliphatic carbocycles. The molecular formula is C6H9BN2O10. The zero-order valence-corrected chi connectivity index (χ0v) is 8.94. The minimum absolute atomic E-state index is 0.617. The number of hydrogen-bond acceptors (Lipinski definition) is 12. The smallest absolute Gasteiger partial charge is 0.423 e. The van der Waals surface area contributed by atoms with Crippen molar-refractivity contribution in [2.45, 2.75) is 12.3 Å². The van der Waals surface area contributed by atoms with Gasteiger partial charge in [-0.3, -0.25) is 0 Å². The molecule has 0 aliphatic rings. The molecule has 1 aromatic rings. The lowest BCUT2D eigenvalue weighted by atomic mass is 9.82. The van der Waals surface area contributed by atoms with Crippen LogP contribution in [0.2, 0.25) is 0 Å². The van der Waals surface area contributed by atoms with Gasteiger partial charge in [-0.25, -0.2) is 4.98 Å². The van der Waals surface area contributed by atoms with Crippen molar-refractivity contribution < 1.29 is 50.2 Å². The Labute approximate surface area is 104 Å². The Balaban J connectivity index is 3.11. The fourth-order valence-electron chi connectivity index (χ4n) is 0.920. The molecule has 0 saturated heterocycles. The molecule has 0 saturated carbocycles. The maximum absolute atomic E-state index is 8.89. The van der Waals surface area contributed by atoms with Gasteiger partial charge in [-0.15, -0.1) is 0 Å². The van der Waals surface area contributed by atoms with Crippen LogP contribution in [0.3, 0.4) is 0 Å². The number of rotatable bonds is 5. The van der Waals surface area contributed by atoms with Crippen molar-refractivity contribution in [3.05, 3.63) is 6.20 Å². The molecule has 12 nitrogen and oxygen atoms in total. The molecule has 0 aliphatic heterocycles. The maximum atomic E-state index is 8.89. The predicted octanol–water partition coefficient (Wildman–Crippen LogP) is -5.91. The van der Waals surface area contributed by atoms with Crippen molar-refractivity contribution in [1.82, 2.24) is 9.97 Å². The van der Waals surface area contributed by atoms with E-state index in [2.05, 4.69) is 19.4 Å². The lowest BCUT2D eigenvalue weighted by molar-refractivity contribution is -0.422. The summed E-state index contributed by atoms with van der Waals surface area (Å²) in [5, 5.41) is 69.0. The van der Waals surface area contributed by atoms with E-state index < -0.39 is 36.8 Å². The van der Waals surface area contributed by atoms with Gasteiger partial charge in [0.25, 0.3) is 0 Å². The lowest BCUT2D eigenvalue weighted by Gasteiger charge is -2.18. The van der Waals surface area contributed by atoms with E-state index in [9.17, 15) is 0 Å². The van der Waals surface area contributed by atoms with E-state index in [4.69, 9.17) is 40.7 Å². The molecule has 0 fully saturated rings. The molecule has 0 amide bonds. The summed E-state index contributed by atoms with van der Waals surface area (Å²) >= 11 is 0. The van der Waals surface area contributed by atoms with Crippen molar-refractivity contribution in [1.29, 1.82) is 0 Å². The van der Waals surface area contributed by atoms with Gasteiger partial charge in [0.2, 0.25) is 5.88 Å². The van der Waals surface area contributed by atoms with E-state index >= 15 is 0 Å². The Hall–Kier alpha value is -1.58. The predicted molar refractivity (Wildman–Crippen MR) is 51.9 cm³/mol. The first-order chi connectivity index (χ1) is 8.48. The molecule has 0 atom stereocenters. The van der Waals surface area contributed by atoms with E-state index in [0.717, 1.165) is 0 Å². The fraction of sp³-hybridized carbons (Fsp3) is 0.333. The van der Waals surface area contributed by atoms with Gasteiger partial charge < -0.3 is 50.2 Å². The van der Waals surface area contributed by atoms with E-state index in [0.29, 0.717) is 6.20 Å². The standard InChI is InChI=1S/C6H9BN2O10/c10-5(11,12)18-3-2(7(16)17)1-8-4(9-3)19-6(13,14)15/h1,10-17H. The molecule has 0 radical (unpaired) electrons. The van der Waals surface area contributed by atoms with Gasteiger partial charge >= 0.3 is 25.4 Å². The third-order valence-corrected chi connectivity index (χ3v) is 1.50. The summed E-state index contributed by atoms with van der Waals surface area (Å²) in [6.45, 7) is 0. The summed E-state index contributed by atoms with van der Waals surface area (Å²) in [4.78, 5) is 6.35. The minimum atomic E-state index is -3.70. The number of ether oxygens (including phenoxy) is 2. The van der Waals surface area contributed by atoms with Crippen LogP contribution < -0.4 is 14.9 Å². The van der Waals surface area contributed by atoms with E-state index in [-0.39, 0.29) is 0 Å². The van der Waals surface area contributed by atoms with Gasteiger partial charge in [0.1, 0.15) is 0 Å². The van der Waals surface area contributed by atoms with Crippen LogP contribution in [0.15, 0.2) is 6.20 Å². The summed E-state index contributed by atoms with van der Waals surface area (Å²) in [7, 11) is -2.21. The molecule has 0 aromatic carbocycles. The van der Waals surface area contributed by atoms with Crippen LogP contribution in [0.25, 0.3) is 0 Å². The van der Waals surface area contributed by atoms with Gasteiger partial charge in [-0.05, 0) is 0 Å². The second-order valence-corrected chi connectivity index (χ2v) is 3.14.